The SMILES string of the molecule is Cc1cccc(CC(NN)C2CCC3CCCCC3C2)c1. The summed E-state index contributed by atoms with van der Waals surface area (Å²) in [7, 11) is 0. The minimum absolute atomic E-state index is 0.440. The standard InChI is InChI=1S/C19H30N2/c1-14-5-4-6-15(11-14)12-19(21-20)18-10-9-16-7-2-3-8-17(16)13-18/h4-6,11,16-19,21H,2-3,7-10,12-13,20H2,1H3. The van der Waals surface area contributed by atoms with Gasteiger partial charge in [0.05, 0.1) is 0 Å². The van der Waals surface area contributed by atoms with Crippen molar-refractivity contribution >= 4 is 0 Å². The second kappa shape index (κ2) is 6.93. The summed E-state index contributed by atoms with van der Waals surface area (Å²) in [6, 6.07) is 9.31. The third-order valence-electron chi connectivity index (χ3n) is 5.90. The Hall–Kier alpha value is -0.860. The quantitative estimate of drug-likeness (QED) is 0.649. The molecule has 4 atom stereocenters. The van der Waals surface area contributed by atoms with Gasteiger partial charge in [-0.25, -0.2) is 0 Å². The molecule has 0 heterocycles. The summed E-state index contributed by atoms with van der Waals surface area (Å²) in [6.07, 6.45) is 11.1. The van der Waals surface area contributed by atoms with Crippen LogP contribution in [0.15, 0.2) is 24.3 Å². The van der Waals surface area contributed by atoms with Gasteiger partial charge in [-0.2, -0.15) is 0 Å². The summed E-state index contributed by atoms with van der Waals surface area (Å²) in [4.78, 5) is 0. The van der Waals surface area contributed by atoms with Crippen molar-refractivity contribution in [3.05, 3.63) is 35.4 Å². The lowest BCUT2D eigenvalue weighted by atomic mass is 9.65. The maximum Gasteiger partial charge on any atom is 0.0279 e. The maximum atomic E-state index is 5.91. The van der Waals surface area contributed by atoms with Gasteiger partial charge in [-0.1, -0.05) is 55.5 Å². The summed E-state index contributed by atoms with van der Waals surface area (Å²) >= 11 is 0. The number of nitrogens with one attached hydrogen (secondary N) is 1. The van der Waals surface area contributed by atoms with E-state index < -0.39 is 0 Å². The van der Waals surface area contributed by atoms with Crippen molar-refractivity contribution in [2.24, 2.45) is 23.6 Å². The molecule has 2 saturated carbocycles. The molecule has 0 aliphatic heterocycles. The molecule has 2 nitrogen and oxygen atoms in total. The molecule has 1 aromatic carbocycles. The molecule has 21 heavy (non-hydrogen) atoms. The molecule has 3 N–H and O–H groups in total. The molecule has 116 valence electrons. The molecule has 0 amide bonds. The highest BCUT2D eigenvalue weighted by molar-refractivity contribution is 5.23. The van der Waals surface area contributed by atoms with Crippen molar-refractivity contribution in [3.8, 4) is 0 Å². The molecule has 2 fully saturated rings. The molecule has 2 heteroatoms. The first-order chi connectivity index (χ1) is 10.3. The highest BCUT2D eigenvalue weighted by Crippen LogP contribution is 2.43. The van der Waals surface area contributed by atoms with Crippen LogP contribution >= 0.6 is 0 Å². The zero-order valence-electron chi connectivity index (χ0n) is 13.4. The van der Waals surface area contributed by atoms with Crippen LogP contribution in [-0.2, 0) is 6.42 Å². The zero-order chi connectivity index (χ0) is 14.7. The van der Waals surface area contributed by atoms with Gasteiger partial charge in [0.1, 0.15) is 0 Å². The maximum absolute atomic E-state index is 5.91. The van der Waals surface area contributed by atoms with E-state index >= 15 is 0 Å². The fourth-order valence-electron chi connectivity index (χ4n) is 4.73. The van der Waals surface area contributed by atoms with Gasteiger partial charge >= 0.3 is 0 Å². The fourth-order valence-corrected chi connectivity index (χ4v) is 4.73. The Morgan fingerprint density at radius 2 is 1.95 bits per heavy atom. The Kier molecular flexibility index (Phi) is 4.97. The molecule has 3 rings (SSSR count). The van der Waals surface area contributed by atoms with Gasteiger partial charge in [0.25, 0.3) is 0 Å². The predicted molar refractivity (Wildman–Crippen MR) is 88.8 cm³/mol. The normalized spacial score (nSPS) is 30.7. The summed E-state index contributed by atoms with van der Waals surface area (Å²) < 4.78 is 0. The smallest absolute Gasteiger partial charge is 0.0279 e. The second-order valence-electron chi connectivity index (χ2n) is 7.34. The summed E-state index contributed by atoms with van der Waals surface area (Å²) in [5.41, 5.74) is 5.90. The average molecular weight is 286 g/mol. The first-order valence-electron chi connectivity index (χ1n) is 8.78. The van der Waals surface area contributed by atoms with Crippen LogP contribution < -0.4 is 11.3 Å². The Morgan fingerprint density at radius 1 is 1.14 bits per heavy atom. The number of hydrazine groups is 1. The molecule has 0 bridgehead atoms. The summed E-state index contributed by atoms with van der Waals surface area (Å²) in [5, 5.41) is 0. The third kappa shape index (κ3) is 3.67. The molecule has 4 unspecified atom stereocenters. The lowest BCUT2D eigenvalue weighted by molar-refractivity contribution is 0.109. The number of hydrogen-bond donors (Lipinski definition) is 2. The average Bonchev–Trinajstić information content (AvgIpc) is 2.52. The lowest BCUT2D eigenvalue weighted by Crippen LogP contribution is -2.45. The summed E-state index contributed by atoms with van der Waals surface area (Å²) in [5.74, 6) is 8.67. The van der Waals surface area contributed by atoms with E-state index in [-0.39, 0.29) is 0 Å². The largest absolute Gasteiger partial charge is 0.271 e. The van der Waals surface area contributed by atoms with Crippen LogP contribution in [0.3, 0.4) is 0 Å². The van der Waals surface area contributed by atoms with Crippen molar-refractivity contribution in [1.82, 2.24) is 5.43 Å². The van der Waals surface area contributed by atoms with Crippen LogP contribution in [0.25, 0.3) is 0 Å². The number of aryl methyl sites for hydroxylation is 1. The van der Waals surface area contributed by atoms with Crippen molar-refractivity contribution in [3.63, 3.8) is 0 Å². The van der Waals surface area contributed by atoms with Gasteiger partial charge in [0, 0.05) is 6.04 Å². The minimum Gasteiger partial charge on any atom is -0.271 e. The van der Waals surface area contributed by atoms with Crippen LogP contribution in [0.1, 0.15) is 56.1 Å². The van der Waals surface area contributed by atoms with Crippen molar-refractivity contribution in [2.45, 2.75) is 64.3 Å². The topological polar surface area (TPSA) is 38.0 Å². The van der Waals surface area contributed by atoms with Crippen LogP contribution in [-0.4, -0.2) is 6.04 Å². The van der Waals surface area contributed by atoms with Crippen LogP contribution in [0.2, 0.25) is 0 Å². The van der Waals surface area contributed by atoms with Gasteiger partial charge in [-0.05, 0) is 55.9 Å². The molecule has 0 aromatic heterocycles. The monoisotopic (exact) mass is 286 g/mol. The van der Waals surface area contributed by atoms with Crippen LogP contribution in [0.4, 0.5) is 0 Å². The van der Waals surface area contributed by atoms with Crippen molar-refractivity contribution < 1.29 is 0 Å². The van der Waals surface area contributed by atoms with Crippen LogP contribution in [0, 0.1) is 24.7 Å². The van der Waals surface area contributed by atoms with E-state index in [2.05, 4.69) is 36.6 Å². The molecule has 2 aliphatic carbocycles. The van der Waals surface area contributed by atoms with E-state index in [9.17, 15) is 0 Å². The van der Waals surface area contributed by atoms with E-state index in [1.165, 1.54) is 56.1 Å². The minimum atomic E-state index is 0.440. The molecule has 1 aromatic rings. The predicted octanol–water partition coefficient (Wildman–Crippen LogP) is 3.98. The second-order valence-corrected chi connectivity index (χ2v) is 7.34. The number of rotatable bonds is 4. The van der Waals surface area contributed by atoms with E-state index in [1.54, 1.807) is 0 Å². The molecular formula is C19H30N2. The highest BCUT2D eigenvalue weighted by Gasteiger charge is 2.35. The van der Waals surface area contributed by atoms with Gasteiger partial charge < -0.3 is 0 Å². The summed E-state index contributed by atoms with van der Waals surface area (Å²) in [6.45, 7) is 2.17. The fraction of sp³-hybridized carbons (Fsp3) is 0.684. The van der Waals surface area contributed by atoms with Crippen molar-refractivity contribution in [1.29, 1.82) is 0 Å². The van der Waals surface area contributed by atoms with Crippen LogP contribution in [0.5, 0.6) is 0 Å². The number of benzene rings is 1. The van der Waals surface area contributed by atoms with E-state index in [0.29, 0.717) is 6.04 Å². The number of hydrogen-bond acceptors (Lipinski definition) is 2. The highest BCUT2D eigenvalue weighted by atomic mass is 15.2. The Morgan fingerprint density at radius 3 is 2.71 bits per heavy atom. The Balaban J connectivity index is 1.63. The first kappa shape index (κ1) is 15.1. The number of fused-ring (bicyclic) bond motifs is 1. The lowest BCUT2D eigenvalue weighted by Gasteiger charge is -2.42. The zero-order valence-corrected chi connectivity index (χ0v) is 13.4. The molecule has 0 saturated heterocycles. The number of nitrogens with two attached hydrogens (primary N) is 1. The van der Waals surface area contributed by atoms with Gasteiger partial charge in [-0.3, -0.25) is 11.3 Å². The van der Waals surface area contributed by atoms with Gasteiger partial charge in [-0.15, -0.1) is 0 Å². The van der Waals surface area contributed by atoms with Gasteiger partial charge in [0.15, 0.2) is 0 Å². The van der Waals surface area contributed by atoms with Gasteiger partial charge in [0.2, 0.25) is 0 Å². The molecular weight excluding hydrogens is 256 g/mol. The Bertz CT molecular complexity index is 457. The first-order valence-corrected chi connectivity index (χ1v) is 8.78. The van der Waals surface area contributed by atoms with E-state index in [0.717, 1.165) is 24.2 Å². The Labute approximate surface area is 129 Å². The van der Waals surface area contributed by atoms with E-state index in [1.807, 2.05) is 0 Å². The molecule has 2 aliphatic rings. The van der Waals surface area contributed by atoms with E-state index in [4.69, 9.17) is 5.84 Å². The van der Waals surface area contributed by atoms with Crippen molar-refractivity contribution in [2.75, 3.05) is 0 Å². The molecule has 0 spiro atoms. The molecule has 0 radical (unpaired) electrons. The third-order valence-corrected chi connectivity index (χ3v) is 5.90.